The maximum atomic E-state index is 13.0. The van der Waals surface area contributed by atoms with Gasteiger partial charge in [-0.2, -0.15) is 0 Å². The van der Waals surface area contributed by atoms with Crippen molar-refractivity contribution in [2.24, 2.45) is 4.99 Å². The highest BCUT2D eigenvalue weighted by Gasteiger charge is 2.09. The number of phenols is 1. The number of rotatable bonds is 5. The summed E-state index contributed by atoms with van der Waals surface area (Å²) in [5, 5.41) is 22.6. The Kier molecular flexibility index (Phi) is 5.15. The summed E-state index contributed by atoms with van der Waals surface area (Å²) in [5.41, 5.74) is -0.0994. The monoisotopic (exact) mass is 335 g/mol. The van der Waals surface area contributed by atoms with E-state index in [-0.39, 0.29) is 29.2 Å². The van der Waals surface area contributed by atoms with Crippen LogP contribution in [0.25, 0.3) is 0 Å². The smallest absolute Gasteiger partial charge is 0.270 e. The summed E-state index contributed by atoms with van der Waals surface area (Å²) >= 11 is 0. The zero-order chi connectivity index (χ0) is 17.7. The first-order chi connectivity index (χ1) is 11.4. The van der Waals surface area contributed by atoms with Crippen molar-refractivity contribution in [3.63, 3.8) is 0 Å². The average molecular weight is 335 g/mol. The van der Waals surface area contributed by atoms with Crippen LogP contribution in [0, 0.1) is 21.7 Å². The molecule has 0 aliphatic rings. The van der Waals surface area contributed by atoms with Crippen molar-refractivity contribution in [2.75, 3.05) is 11.9 Å². The first-order valence-electron chi connectivity index (χ1n) is 6.59. The zero-order valence-electron chi connectivity index (χ0n) is 12.1. The van der Waals surface area contributed by atoms with Gasteiger partial charge in [-0.25, -0.2) is 8.78 Å². The first kappa shape index (κ1) is 17.0. The van der Waals surface area contributed by atoms with Gasteiger partial charge in [0.2, 0.25) is 5.91 Å². The van der Waals surface area contributed by atoms with E-state index in [9.17, 15) is 28.8 Å². The Balaban J connectivity index is 2.00. The second-order valence-corrected chi connectivity index (χ2v) is 4.65. The van der Waals surface area contributed by atoms with E-state index in [1.54, 1.807) is 0 Å². The summed E-state index contributed by atoms with van der Waals surface area (Å²) in [4.78, 5) is 25.4. The van der Waals surface area contributed by atoms with Crippen molar-refractivity contribution in [3.05, 3.63) is 63.7 Å². The minimum atomic E-state index is -1.10. The molecule has 2 aromatic rings. The topological polar surface area (TPSA) is 105 Å². The third kappa shape index (κ3) is 4.32. The molecule has 7 nitrogen and oxygen atoms in total. The number of aromatic hydroxyl groups is 1. The highest BCUT2D eigenvalue weighted by atomic mass is 19.2. The van der Waals surface area contributed by atoms with Gasteiger partial charge in [0, 0.05) is 35.7 Å². The molecule has 2 aromatic carbocycles. The van der Waals surface area contributed by atoms with Crippen LogP contribution in [0.5, 0.6) is 5.75 Å². The Hall–Kier alpha value is -3.36. The van der Waals surface area contributed by atoms with Gasteiger partial charge in [0.1, 0.15) is 12.3 Å². The predicted molar refractivity (Wildman–Crippen MR) is 82.2 cm³/mol. The number of amides is 1. The van der Waals surface area contributed by atoms with Crippen molar-refractivity contribution in [3.8, 4) is 5.75 Å². The Bertz CT molecular complexity index is 824. The fraction of sp³-hybridized carbons (Fsp3) is 0.0667. The Morgan fingerprint density at radius 3 is 2.67 bits per heavy atom. The maximum Gasteiger partial charge on any atom is 0.270 e. The Morgan fingerprint density at radius 1 is 1.25 bits per heavy atom. The number of nitrogens with one attached hydrogen (secondary N) is 1. The van der Waals surface area contributed by atoms with Gasteiger partial charge in [-0.15, -0.1) is 0 Å². The number of carbonyl (C=O) groups excluding carboxylic acids is 1. The summed E-state index contributed by atoms with van der Waals surface area (Å²) in [5.74, 6) is -2.97. The Labute approximate surface area is 134 Å². The predicted octanol–water partition coefficient (Wildman–Crippen LogP) is 2.64. The van der Waals surface area contributed by atoms with Gasteiger partial charge < -0.3 is 10.4 Å². The molecule has 24 heavy (non-hydrogen) atoms. The fourth-order valence-electron chi connectivity index (χ4n) is 1.76. The van der Waals surface area contributed by atoms with Gasteiger partial charge in [-0.3, -0.25) is 19.9 Å². The molecule has 0 atom stereocenters. The second-order valence-electron chi connectivity index (χ2n) is 4.65. The number of anilines is 1. The number of hydrogen-bond acceptors (Lipinski definition) is 5. The molecular formula is C15H11F2N3O4. The van der Waals surface area contributed by atoms with Crippen LogP contribution in [0.3, 0.4) is 0 Å². The third-order valence-electron chi connectivity index (χ3n) is 2.89. The van der Waals surface area contributed by atoms with E-state index in [0.29, 0.717) is 0 Å². The molecule has 0 saturated heterocycles. The molecule has 0 bridgehead atoms. The highest BCUT2D eigenvalue weighted by Crippen LogP contribution is 2.21. The molecule has 2 N–H and O–H groups in total. The fourth-order valence-corrected chi connectivity index (χ4v) is 1.76. The van der Waals surface area contributed by atoms with Crippen molar-refractivity contribution >= 4 is 23.5 Å². The normalized spacial score (nSPS) is 10.8. The number of halogens is 2. The molecule has 0 saturated carbocycles. The third-order valence-corrected chi connectivity index (χ3v) is 2.89. The molecule has 2 rings (SSSR count). The quantitative estimate of drug-likeness (QED) is 0.498. The van der Waals surface area contributed by atoms with E-state index < -0.39 is 22.5 Å². The Morgan fingerprint density at radius 2 is 2.00 bits per heavy atom. The number of carbonyl (C=O) groups is 1. The number of non-ortho nitro benzene ring substituents is 1. The van der Waals surface area contributed by atoms with Crippen molar-refractivity contribution in [1.82, 2.24) is 0 Å². The standard InChI is InChI=1S/C15H11F2N3O4/c16-12-3-1-10(6-13(12)17)19-15(22)8-18-7-9-5-11(20(23)24)2-4-14(9)21/h1-7,21H,8H2,(H,19,22). The van der Waals surface area contributed by atoms with E-state index in [1.807, 2.05) is 0 Å². The molecule has 0 aliphatic heterocycles. The van der Waals surface area contributed by atoms with Crippen LogP contribution >= 0.6 is 0 Å². The minimum Gasteiger partial charge on any atom is -0.507 e. The summed E-state index contributed by atoms with van der Waals surface area (Å²) in [6, 6.07) is 6.25. The maximum absolute atomic E-state index is 13.0. The van der Waals surface area contributed by atoms with Crippen LogP contribution < -0.4 is 5.32 Å². The van der Waals surface area contributed by atoms with Crippen LogP contribution in [-0.2, 0) is 4.79 Å². The minimum absolute atomic E-state index is 0.0623. The summed E-state index contributed by atoms with van der Waals surface area (Å²) in [6.45, 7) is -0.374. The van der Waals surface area contributed by atoms with Gasteiger partial charge in [-0.05, 0) is 18.2 Å². The number of nitro benzene ring substituents is 1. The second kappa shape index (κ2) is 7.27. The molecule has 0 heterocycles. The number of nitrogens with zero attached hydrogens (tertiary/aromatic N) is 2. The number of benzene rings is 2. The van der Waals surface area contributed by atoms with E-state index in [2.05, 4.69) is 10.3 Å². The molecule has 0 fully saturated rings. The number of nitro groups is 1. The summed E-state index contributed by atoms with van der Waals surface area (Å²) in [6.07, 6.45) is 1.10. The number of aliphatic imine (C=N–C) groups is 1. The largest absolute Gasteiger partial charge is 0.507 e. The van der Waals surface area contributed by atoms with E-state index in [4.69, 9.17) is 0 Å². The molecule has 1 amide bonds. The molecular weight excluding hydrogens is 324 g/mol. The van der Waals surface area contributed by atoms with Crippen molar-refractivity contribution < 1.29 is 23.6 Å². The first-order valence-corrected chi connectivity index (χ1v) is 6.59. The van der Waals surface area contributed by atoms with Crippen molar-refractivity contribution in [2.45, 2.75) is 0 Å². The molecule has 0 aromatic heterocycles. The zero-order valence-corrected chi connectivity index (χ0v) is 12.1. The van der Waals surface area contributed by atoms with E-state index in [0.717, 1.165) is 36.5 Å². The average Bonchev–Trinajstić information content (AvgIpc) is 2.52. The van der Waals surface area contributed by atoms with Gasteiger partial charge in [0.15, 0.2) is 11.6 Å². The number of phenolic OH excluding ortho intramolecular Hbond substituents is 1. The molecule has 0 unspecified atom stereocenters. The van der Waals surface area contributed by atoms with Crippen LogP contribution in [0.15, 0.2) is 41.4 Å². The lowest BCUT2D eigenvalue weighted by molar-refractivity contribution is -0.384. The van der Waals surface area contributed by atoms with E-state index in [1.165, 1.54) is 6.07 Å². The summed E-state index contributed by atoms with van der Waals surface area (Å²) in [7, 11) is 0. The molecule has 0 spiro atoms. The lowest BCUT2D eigenvalue weighted by Gasteiger charge is -2.03. The van der Waals surface area contributed by atoms with Crippen LogP contribution in [0.4, 0.5) is 20.2 Å². The van der Waals surface area contributed by atoms with Crippen LogP contribution in [0.2, 0.25) is 0 Å². The van der Waals surface area contributed by atoms with E-state index >= 15 is 0 Å². The van der Waals surface area contributed by atoms with Gasteiger partial charge in [0.05, 0.1) is 4.92 Å². The molecule has 0 radical (unpaired) electrons. The lowest BCUT2D eigenvalue weighted by Crippen LogP contribution is -2.15. The number of hydrogen-bond donors (Lipinski definition) is 2. The van der Waals surface area contributed by atoms with Crippen LogP contribution in [0.1, 0.15) is 5.56 Å². The molecule has 9 heteroatoms. The highest BCUT2D eigenvalue weighted by molar-refractivity contribution is 5.94. The van der Waals surface area contributed by atoms with Gasteiger partial charge in [-0.1, -0.05) is 0 Å². The summed E-state index contributed by atoms with van der Waals surface area (Å²) < 4.78 is 25.8. The SMILES string of the molecule is O=C(CN=Cc1cc([N+](=O)[O-])ccc1O)Nc1ccc(F)c(F)c1. The molecule has 124 valence electrons. The molecule has 0 aliphatic carbocycles. The lowest BCUT2D eigenvalue weighted by atomic mass is 10.2. The van der Waals surface area contributed by atoms with Crippen LogP contribution in [-0.4, -0.2) is 28.7 Å². The van der Waals surface area contributed by atoms with Gasteiger partial charge >= 0.3 is 0 Å². The van der Waals surface area contributed by atoms with Crippen molar-refractivity contribution in [1.29, 1.82) is 0 Å². The van der Waals surface area contributed by atoms with Gasteiger partial charge in [0.25, 0.3) is 5.69 Å².